The van der Waals surface area contributed by atoms with E-state index in [0.29, 0.717) is 44.6 Å². The van der Waals surface area contributed by atoms with E-state index in [4.69, 9.17) is 9.47 Å². The van der Waals surface area contributed by atoms with Crippen LogP contribution in [-0.4, -0.2) is 73.4 Å². The molecule has 2 aromatic rings. The van der Waals surface area contributed by atoms with E-state index >= 15 is 0 Å². The largest absolute Gasteiger partial charge is 0.497 e. The zero-order valence-corrected chi connectivity index (χ0v) is 24.5. The summed E-state index contributed by atoms with van der Waals surface area (Å²) in [5.74, 6) is 1.86. The molecular weight excluding hydrogens is 496 g/mol. The molecule has 3 atom stereocenters. The van der Waals surface area contributed by atoms with Crippen LogP contribution in [0.1, 0.15) is 54.8 Å². The lowest BCUT2D eigenvalue weighted by Gasteiger charge is -2.39. The average Bonchev–Trinajstić information content (AvgIpc) is 3.31. The number of amides is 1. The number of β-amino-alcohol motifs (C(OH)–C–C–N with tert-alkyl or cyclic N) is 1. The van der Waals surface area contributed by atoms with E-state index in [-0.39, 0.29) is 5.91 Å². The van der Waals surface area contributed by atoms with Crippen LogP contribution in [0.15, 0.2) is 36.4 Å². The number of fused-ring (bicyclic) bond motifs is 1. The van der Waals surface area contributed by atoms with Gasteiger partial charge in [-0.1, -0.05) is 26.0 Å². The Morgan fingerprint density at radius 3 is 2.61 bits per heavy atom. The molecule has 2 saturated heterocycles. The number of piperidine rings is 1. The summed E-state index contributed by atoms with van der Waals surface area (Å²) in [7, 11) is 1.67. The number of hydrogen-bond donors (Lipinski definition) is 1. The molecule has 2 aliphatic rings. The third kappa shape index (κ3) is 8.04. The number of nitrogens with zero attached hydrogens (tertiary/aromatic N) is 2. The zero-order chi connectivity index (χ0) is 27.1. The number of carbonyl (C=O) groups excluding carboxylic acids is 1. The maximum Gasteiger partial charge on any atom is 0.222 e. The second-order valence-electron chi connectivity index (χ2n) is 11.9. The Balaban J connectivity index is 1.46. The lowest BCUT2D eigenvalue weighted by atomic mass is 9.80. The summed E-state index contributed by atoms with van der Waals surface area (Å²) in [4.78, 5) is 21.0. The lowest BCUT2D eigenvalue weighted by Crippen LogP contribution is -2.47. The molecule has 7 heteroatoms. The average molecular weight is 543 g/mol. The Labute approximate surface area is 232 Å². The van der Waals surface area contributed by atoms with Crippen molar-refractivity contribution in [2.24, 2.45) is 17.3 Å². The molecule has 0 bridgehead atoms. The van der Waals surface area contributed by atoms with Crippen molar-refractivity contribution in [3.63, 3.8) is 0 Å². The second-order valence-corrected chi connectivity index (χ2v) is 13.3. The standard InChI is InChI=1S/C31H46N2O4S/c1-23-7-12-28(38-23)20-32-15-14-25-18-30(35)33(16-13-24-8-10-27(36-4)11-9-24)21-29(34)31(2,3)22-37-17-5-6-26(25)19-32/h7-12,25-26,29,34H,5-6,13-22H2,1-4H3/t25-,26-,29-/m0/s1. The molecule has 0 radical (unpaired) electrons. The lowest BCUT2D eigenvalue weighted by molar-refractivity contribution is -0.136. The third-order valence-electron chi connectivity index (χ3n) is 8.40. The number of hydrogen-bond acceptors (Lipinski definition) is 6. The topological polar surface area (TPSA) is 62.2 Å². The summed E-state index contributed by atoms with van der Waals surface area (Å²) in [6.45, 7) is 11.4. The van der Waals surface area contributed by atoms with Gasteiger partial charge in [0.2, 0.25) is 5.91 Å². The molecule has 1 N–H and O–H groups in total. The van der Waals surface area contributed by atoms with Crippen LogP contribution in [-0.2, 0) is 22.5 Å². The van der Waals surface area contributed by atoms with Gasteiger partial charge in [-0.15, -0.1) is 11.3 Å². The van der Waals surface area contributed by atoms with Crippen LogP contribution in [0.2, 0.25) is 0 Å². The molecule has 1 amide bonds. The van der Waals surface area contributed by atoms with Crippen molar-refractivity contribution in [1.82, 2.24) is 9.80 Å². The van der Waals surface area contributed by atoms with E-state index < -0.39 is 11.5 Å². The molecule has 0 spiro atoms. The minimum absolute atomic E-state index is 0.172. The fourth-order valence-electron chi connectivity index (χ4n) is 5.75. The van der Waals surface area contributed by atoms with E-state index in [1.165, 1.54) is 9.75 Å². The first-order valence-corrected chi connectivity index (χ1v) is 15.0. The summed E-state index contributed by atoms with van der Waals surface area (Å²) in [5, 5.41) is 11.2. The molecule has 2 aliphatic heterocycles. The minimum Gasteiger partial charge on any atom is -0.497 e. The number of ether oxygens (including phenoxy) is 2. The Kier molecular flexibility index (Phi) is 10.3. The van der Waals surface area contributed by atoms with E-state index in [1.54, 1.807) is 7.11 Å². The van der Waals surface area contributed by atoms with E-state index in [9.17, 15) is 9.90 Å². The number of aliphatic hydroxyl groups excluding tert-OH is 1. The molecular formula is C31H46N2O4S. The van der Waals surface area contributed by atoms with Gasteiger partial charge in [0.05, 0.1) is 19.8 Å². The molecule has 4 rings (SSSR count). The van der Waals surface area contributed by atoms with Crippen LogP contribution in [0.4, 0.5) is 0 Å². The molecule has 210 valence electrons. The number of aliphatic hydroxyl groups is 1. The quantitative estimate of drug-likeness (QED) is 0.546. The number of benzene rings is 1. The van der Waals surface area contributed by atoms with Crippen LogP contribution in [0.3, 0.4) is 0 Å². The predicted octanol–water partition coefficient (Wildman–Crippen LogP) is 5.16. The highest BCUT2D eigenvalue weighted by Gasteiger charge is 2.35. The molecule has 6 nitrogen and oxygen atoms in total. The molecule has 0 unspecified atom stereocenters. The summed E-state index contributed by atoms with van der Waals surface area (Å²) in [6, 6.07) is 12.5. The molecule has 38 heavy (non-hydrogen) atoms. The number of aryl methyl sites for hydroxylation is 1. The maximum absolute atomic E-state index is 13.8. The molecule has 1 aromatic carbocycles. The van der Waals surface area contributed by atoms with Crippen molar-refractivity contribution < 1.29 is 19.4 Å². The van der Waals surface area contributed by atoms with Crippen molar-refractivity contribution in [1.29, 1.82) is 0 Å². The molecule has 0 saturated carbocycles. The van der Waals surface area contributed by atoms with E-state index in [1.807, 2.05) is 42.2 Å². The normalized spacial score (nSPS) is 25.7. The number of carbonyl (C=O) groups is 1. The zero-order valence-electron chi connectivity index (χ0n) is 23.7. The summed E-state index contributed by atoms with van der Waals surface area (Å²) >= 11 is 1.88. The van der Waals surface area contributed by atoms with Gasteiger partial charge in [0, 0.05) is 54.4 Å². The Morgan fingerprint density at radius 1 is 1.11 bits per heavy atom. The van der Waals surface area contributed by atoms with Gasteiger partial charge in [-0.2, -0.15) is 0 Å². The fourth-order valence-corrected chi connectivity index (χ4v) is 6.68. The monoisotopic (exact) mass is 542 g/mol. The maximum atomic E-state index is 13.8. The predicted molar refractivity (Wildman–Crippen MR) is 154 cm³/mol. The molecule has 3 heterocycles. The smallest absolute Gasteiger partial charge is 0.222 e. The number of thiophene rings is 1. The molecule has 0 aliphatic carbocycles. The van der Waals surface area contributed by atoms with Crippen LogP contribution >= 0.6 is 11.3 Å². The highest BCUT2D eigenvalue weighted by atomic mass is 32.1. The van der Waals surface area contributed by atoms with Crippen molar-refractivity contribution in [2.75, 3.05) is 46.5 Å². The fraction of sp³-hybridized carbons (Fsp3) is 0.645. The van der Waals surface area contributed by atoms with Crippen LogP contribution < -0.4 is 4.74 Å². The first-order valence-electron chi connectivity index (χ1n) is 14.2. The first kappa shape index (κ1) is 29.1. The van der Waals surface area contributed by atoms with Gasteiger partial charge in [0.15, 0.2) is 0 Å². The van der Waals surface area contributed by atoms with Crippen molar-refractivity contribution in [2.45, 2.75) is 65.5 Å². The Hall–Kier alpha value is -1.93. The molecule has 1 aromatic heterocycles. The van der Waals surface area contributed by atoms with Crippen LogP contribution in [0.5, 0.6) is 5.75 Å². The van der Waals surface area contributed by atoms with Gasteiger partial charge in [0.1, 0.15) is 5.75 Å². The van der Waals surface area contributed by atoms with Crippen molar-refractivity contribution in [3.05, 3.63) is 51.7 Å². The van der Waals surface area contributed by atoms with Crippen LogP contribution in [0, 0.1) is 24.2 Å². The first-order chi connectivity index (χ1) is 18.2. The number of rotatable bonds is 6. The highest BCUT2D eigenvalue weighted by Crippen LogP contribution is 2.33. The Morgan fingerprint density at radius 2 is 1.89 bits per heavy atom. The van der Waals surface area contributed by atoms with Crippen molar-refractivity contribution >= 4 is 17.2 Å². The van der Waals surface area contributed by atoms with Gasteiger partial charge in [-0.25, -0.2) is 0 Å². The van der Waals surface area contributed by atoms with Gasteiger partial charge in [-0.05, 0) is 80.8 Å². The van der Waals surface area contributed by atoms with Gasteiger partial charge in [-0.3, -0.25) is 9.69 Å². The number of likely N-dealkylation sites (tertiary alicyclic amines) is 1. The van der Waals surface area contributed by atoms with Crippen molar-refractivity contribution in [3.8, 4) is 5.75 Å². The minimum atomic E-state index is -0.644. The SMILES string of the molecule is COc1ccc(CCN2C[C@H](O)C(C)(C)COCCC[C@H]3CN(Cc4ccc(C)s4)CC[C@H]3CC2=O)cc1. The second kappa shape index (κ2) is 13.4. The highest BCUT2D eigenvalue weighted by molar-refractivity contribution is 7.11. The Bertz CT molecular complexity index is 1020. The van der Waals surface area contributed by atoms with Gasteiger partial charge >= 0.3 is 0 Å². The number of methoxy groups -OCH3 is 1. The van der Waals surface area contributed by atoms with E-state index in [0.717, 1.165) is 56.6 Å². The summed E-state index contributed by atoms with van der Waals surface area (Å²) in [5.41, 5.74) is 0.739. The summed E-state index contributed by atoms with van der Waals surface area (Å²) < 4.78 is 11.3. The molecule has 2 fully saturated rings. The van der Waals surface area contributed by atoms with Gasteiger partial charge < -0.3 is 19.5 Å². The van der Waals surface area contributed by atoms with Gasteiger partial charge in [0.25, 0.3) is 0 Å². The van der Waals surface area contributed by atoms with E-state index in [2.05, 4.69) is 36.1 Å². The van der Waals surface area contributed by atoms with Crippen LogP contribution in [0.25, 0.3) is 0 Å². The summed E-state index contributed by atoms with van der Waals surface area (Å²) in [6.07, 6.45) is 3.79. The third-order valence-corrected chi connectivity index (χ3v) is 9.39.